The molecule has 1 aromatic rings. The molecule has 2 fully saturated rings. The average Bonchev–Trinajstić information content (AvgIpc) is 3.05. The fraction of sp³-hybridized carbons (Fsp3) is 0.550. The molecule has 7 heteroatoms. The molecule has 6 nitrogen and oxygen atoms in total. The van der Waals surface area contributed by atoms with E-state index in [4.69, 9.17) is 0 Å². The smallest absolute Gasteiger partial charge is 0.307 e. The van der Waals surface area contributed by atoms with Crippen molar-refractivity contribution in [2.45, 2.75) is 63.7 Å². The van der Waals surface area contributed by atoms with Crippen molar-refractivity contribution < 1.29 is 13.2 Å². The van der Waals surface area contributed by atoms with Gasteiger partial charge in [-0.15, -0.1) is 0 Å². The number of carbonyl (C=O) groups is 1. The maximum Gasteiger partial charge on any atom is 0.334 e. The Morgan fingerprint density at radius 1 is 1.07 bits per heavy atom. The summed E-state index contributed by atoms with van der Waals surface area (Å²) in [6.07, 6.45) is 13.0. The first-order chi connectivity index (χ1) is 13.0. The van der Waals surface area contributed by atoms with E-state index in [0.29, 0.717) is 11.8 Å². The van der Waals surface area contributed by atoms with E-state index >= 15 is 0 Å². The van der Waals surface area contributed by atoms with Crippen LogP contribution in [0.15, 0.2) is 40.9 Å². The molecule has 0 saturated heterocycles. The lowest BCUT2D eigenvalue weighted by Gasteiger charge is -2.26. The molecule has 1 atom stereocenters. The van der Waals surface area contributed by atoms with Gasteiger partial charge in [-0.2, -0.15) is 8.42 Å². The number of hydrogen-bond donors (Lipinski definition) is 2. The van der Waals surface area contributed by atoms with Crippen molar-refractivity contribution in [3.63, 3.8) is 0 Å². The standard InChI is InChI=1S/C20H25N3O3S/c24-20(22-27(25,26)23-10-9-16(12-23)13-7-8-13)21-19-17-5-1-3-14(17)11-15-4-2-6-18(15)19/h9-10,12-14H,1-8,11H2,(H2,21,22,24). The van der Waals surface area contributed by atoms with E-state index < -0.39 is 16.2 Å². The number of rotatable bonds is 4. The van der Waals surface area contributed by atoms with Gasteiger partial charge in [-0.05, 0) is 92.4 Å². The minimum atomic E-state index is -3.92. The highest BCUT2D eigenvalue weighted by Crippen LogP contribution is 2.48. The predicted molar refractivity (Wildman–Crippen MR) is 102 cm³/mol. The Balaban J connectivity index is 1.35. The molecule has 0 spiro atoms. The molecule has 27 heavy (non-hydrogen) atoms. The van der Waals surface area contributed by atoms with Crippen molar-refractivity contribution in [3.05, 3.63) is 46.4 Å². The minimum absolute atomic E-state index is 0.469. The highest BCUT2D eigenvalue weighted by Gasteiger charge is 2.35. The van der Waals surface area contributed by atoms with Gasteiger partial charge in [-0.25, -0.2) is 13.5 Å². The van der Waals surface area contributed by atoms with Gasteiger partial charge in [-0.1, -0.05) is 5.57 Å². The summed E-state index contributed by atoms with van der Waals surface area (Å²) in [4.78, 5) is 12.6. The van der Waals surface area contributed by atoms with Crippen LogP contribution in [0.5, 0.6) is 0 Å². The third-order valence-electron chi connectivity index (χ3n) is 6.42. The number of aromatic nitrogens is 1. The zero-order valence-corrected chi connectivity index (χ0v) is 16.1. The van der Waals surface area contributed by atoms with E-state index in [0.717, 1.165) is 66.6 Å². The third kappa shape index (κ3) is 3.12. The van der Waals surface area contributed by atoms with Crippen molar-refractivity contribution in [2.75, 3.05) is 0 Å². The van der Waals surface area contributed by atoms with Crippen LogP contribution in [-0.4, -0.2) is 18.4 Å². The van der Waals surface area contributed by atoms with Crippen molar-refractivity contribution in [3.8, 4) is 0 Å². The van der Waals surface area contributed by atoms with Crippen LogP contribution in [-0.2, 0) is 10.2 Å². The van der Waals surface area contributed by atoms with Crippen LogP contribution in [0.4, 0.5) is 4.79 Å². The molecule has 2 saturated carbocycles. The second kappa shape index (κ2) is 6.26. The average molecular weight is 388 g/mol. The lowest BCUT2D eigenvalue weighted by Crippen LogP contribution is -2.42. The fourth-order valence-electron chi connectivity index (χ4n) is 4.96. The van der Waals surface area contributed by atoms with E-state index in [9.17, 15) is 13.2 Å². The summed E-state index contributed by atoms with van der Waals surface area (Å²) in [5.74, 6) is 0.996. The van der Waals surface area contributed by atoms with Gasteiger partial charge in [0, 0.05) is 18.1 Å². The largest absolute Gasteiger partial charge is 0.334 e. The summed E-state index contributed by atoms with van der Waals surface area (Å²) in [5, 5.41) is 2.91. The van der Waals surface area contributed by atoms with E-state index in [2.05, 4.69) is 10.0 Å². The molecule has 2 amide bonds. The monoisotopic (exact) mass is 387 g/mol. The Labute approximate surface area is 159 Å². The van der Waals surface area contributed by atoms with Gasteiger partial charge in [0.05, 0.1) is 0 Å². The third-order valence-corrected chi connectivity index (χ3v) is 7.64. The number of nitrogens with one attached hydrogen (secondary N) is 2. The highest BCUT2D eigenvalue weighted by atomic mass is 32.2. The molecule has 144 valence electrons. The van der Waals surface area contributed by atoms with Crippen molar-refractivity contribution >= 4 is 16.2 Å². The lowest BCUT2D eigenvalue weighted by molar-refractivity contribution is 0.248. The quantitative estimate of drug-likeness (QED) is 0.827. The molecule has 0 aliphatic heterocycles. The van der Waals surface area contributed by atoms with Crippen LogP contribution in [0.3, 0.4) is 0 Å². The zero-order valence-electron chi connectivity index (χ0n) is 15.3. The Bertz CT molecular complexity index is 966. The molecule has 4 aliphatic carbocycles. The molecule has 2 N–H and O–H groups in total. The Hall–Kier alpha value is -2.02. The number of fused-ring (bicyclic) bond motifs is 1. The van der Waals surface area contributed by atoms with E-state index in [1.54, 1.807) is 6.20 Å². The van der Waals surface area contributed by atoms with Crippen LogP contribution in [0.25, 0.3) is 0 Å². The summed E-state index contributed by atoms with van der Waals surface area (Å²) in [6, 6.07) is 1.16. The summed E-state index contributed by atoms with van der Waals surface area (Å²) >= 11 is 0. The summed E-state index contributed by atoms with van der Waals surface area (Å²) in [7, 11) is -3.92. The van der Waals surface area contributed by atoms with Crippen LogP contribution in [0.1, 0.15) is 69.3 Å². The molecule has 1 aromatic heterocycles. The van der Waals surface area contributed by atoms with E-state index in [1.807, 2.05) is 6.07 Å². The van der Waals surface area contributed by atoms with Crippen LogP contribution < -0.4 is 10.0 Å². The van der Waals surface area contributed by atoms with Gasteiger partial charge < -0.3 is 5.32 Å². The molecule has 0 radical (unpaired) electrons. The Morgan fingerprint density at radius 2 is 1.93 bits per heavy atom. The normalized spacial score (nSPS) is 24.8. The van der Waals surface area contributed by atoms with E-state index in [1.165, 1.54) is 29.3 Å². The minimum Gasteiger partial charge on any atom is -0.307 e. The molecule has 5 rings (SSSR count). The van der Waals surface area contributed by atoms with Gasteiger partial charge in [0.15, 0.2) is 0 Å². The van der Waals surface area contributed by atoms with Crippen LogP contribution in [0, 0.1) is 5.92 Å². The Morgan fingerprint density at radius 3 is 2.74 bits per heavy atom. The number of carbonyl (C=O) groups excluding carboxylic acids is 1. The molecule has 1 heterocycles. The van der Waals surface area contributed by atoms with E-state index in [-0.39, 0.29) is 0 Å². The topological polar surface area (TPSA) is 80.2 Å². The van der Waals surface area contributed by atoms with Gasteiger partial charge >= 0.3 is 16.2 Å². The first-order valence-electron chi connectivity index (χ1n) is 9.98. The summed E-state index contributed by atoms with van der Waals surface area (Å²) < 4.78 is 28.4. The maximum atomic E-state index is 12.6. The predicted octanol–water partition coefficient (Wildman–Crippen LogP) is 3.70. The first-order valence-corrected chi connectivity index (χ1v) is 11.4. The Kier molecular flexibility index (Phi) is 3.96. The van der Waals surface area contributed by atoms with Crippen LogP contribution >= 0.6 is 0 Å². The molecule has 0 aromatic carbocycles. The van der Waals surface area contributed by atoms with Gasteiger partial charge in [0.1, 0.15) is 0 Å². The molecular formula is C20H25N3O3S. The number of allylic oxidation sites excluding steroid dienone is 3. The number of nitrogens with zero attached hydrogens (tertiary/aromatic N) is 1. The second-order valence-corrected chi connectivity index (χ2v) is 9.82. The highest BCUT2D eigenvalue weighted by molar-refractivity contribution is 7.88. The zero-order chi connectivity index (χ0) is 18.6. The van der Waals surface area contributed by atoms with Gasteiger partial charge in [-0.3, -0.25) is 0 Å². The molecule has 0 bridgehead atoms. The second-order valence-electron chi connectivity index (χ2n) is 8.24. The molecule has 4 aliphatic rings. The number of amides is 2. The lowest BCUT2D eigenvalue weighted by atomic mass is 9.84. The summed E-state index contributed by atoms with van der Waals surface area (Å²) in [6.45, 7) is 0. The maximum absolute atomic E-state index is 12.6. The summed E-state index contributed by atoms with van der Waals surface area (Å²) in [5.41, 5.74) is 5.97. The number of hydrogen-bond acceptors (Lipinski definition) is 3. The van der Waals surface area contributed by atoms with Crippen molar-refractivity contribution in [2.24, 2.45) is 5.92 Å². The molecule has 1 unspecified atom stereocenters. The molecular weight excluding hydrogens is 362 g/mol. The van der Waals surface area contributed by atoms with Gasteiger partial charge in [0.25, 0.3) is 0 Å². The number of urea groups is 1. The first kappa shape index (κ1) is 17.1. The fourth-order valence-corrected chi connectivity index (χ4v) is 5.83. The van der Waals surface area contributed by atoms with Crippen LogP contribution in [0.2, 0.25) is 0 Å². The van der Waals surface area contributed by atoms with Crippen molar-refractivity contribution in [1.29, 1.82) is 0 Å². The SMILES string of the molecule is O=C(NC1=C2CCCC2CC2=C1CCC2)NS(=O)(=O)n1ccc(C2CC2)c1. The van der Waals surface area contributed by atoms with Gasteiger partial charge in [0.2, 0.25) is 0 Å². The van der Waals surface area contributed by atoms with Crippen molar-refractivity contribution in [1.82, 2.24) is 14.0 Å².